The van der Waals surface area contributed by atoms with Crippen LogP contribution in [0.4, 0.5) is 0 Å². The molecule has 1 atom stereocenters. The first kappa shape index (κ1) is 5.65. The molecule has 0 aromatic heterocycles. The number of hydroxylamine groups is 3. The van der Waals surface area contributed by atoms with Gasteiger partial charge in [-0.1, -0.05) is 0 Å². The van der Waals surface area contributed by atoms with Crippen LogP contribution in [0.5, 0.6) is 0 Å². The van der Waals surface area contributed by atoms with Crippen molar-refractivity contribution < 1.29 is 9.38 Å². The van der Waals surface area contributed by atoms with E-state index in [4.69, 9.17) is 4.74 Å². The van der Waals surface area contributed by atoms with Crippen molar-refractivity contribution >= 4 is 0 Å². The fraction of sp³-hybridized carbons (Fsp3) is 1.00. The van der Waals surface area contributed by atoms with Crippen LogP contribution in [0.1, 0.15) is 12.8 Å². The van der Waals surface area contributed by atoms with Crippen LogP contribution < -0.4 is 0 Å². The first-order valence-electron chi connectivity index (χ1n) is 3.51. The normalized spacial score (nSPS) is 39.0. The second-order valence-corrected chi connectivity index (χ2v) is 2.87. The van der Waals surface area contributed by atoms with E-state index >= 15 is 0 Å². The molecule has 0 spiro atoms. The van der Waals surface area contributed by atoms with Crippen LogP contribution in [0.25, 0.3) is 0 Å². The molecule has 0 bridgehead atoms. The Kier molecular flexibility index (Phi) is 1.06. The lowest BCUT2D eigenvalue weighted by Gasteiger charge is -2.56. The fourth-order valence-corrected chi connectivity index (χ4v) is 1.35. The molecule has 2 aliphatic heterocycles. The lowest BCUT2D eigenvalue weighted by Crippen LogP contribution is -2.63. The Labute approximate surface area is 54.4 Å². The molecule has 2 heterocycles. The molecule has 3 nitrogen and oxygen atoms in total. The van der Waals surface area contributed by atoms with Gasteiger partial charge in [0.1, 0.15) is 0 Å². The van der Waals surface area contributed by atoms with Crippen LogP contribution in [0.2, 0.25) is 0 Å². The predicted molar refractivity (Wildman–Crippen MR) is 32.3 cm³/mol. The molecule has 3 heteroatoms. The van der Waals surface area contributed by atoms with Crippen molar-refractivity contribution in [2.75, 3.05) is 19.7 Å². The molecule has 0 aromatic carbocycles. The summed E-state index contributed by atoms with van der Waals surface area (Å²) in [6, 6.07) is 0. The Morgan fingerprint density at radius 3 is 2.22 bits per heavy atom. The molecule has 2 saturated heterocycles. The third-order valence-electron chi connectivity index (χ3n) is 2.27. The summed E-state index contributed by atoms with van der Waals surface area (Å²) in [5, 5.41) is 11.4. The Balaban J connectivity index is 1.94. The minimum Gasteiger partial charge on any atom is -0.631 e. The number of nitrogens with zero attached hydrogens (tertiary/aromatic N) is 1. The van der Waals surface area contributed by atoms with E-state index in [0.29, 0.717) is 0 Å². The van der Waals surface area contributed by atoms with Gasteiger partial charge in [0.15, 0.2) is 6.23 Å². The van der Waals surface area contributed by atoms with Crippen molar-refractivity contribution in [2.24, 2.45) is 0 Å². The maximum absolute atomic E-state index is 11.4. The average molecular weight is 129 g/mol. The van der Waals surface area contributed by atoms with Gasteiger partial charge in [0, 0.05) is 6.42 Å². The first-order valence-corrected chi connectivity index (χ1v) is 3.51. The van der Waals surface area contributed by atoms with Crippen LogP contribution in [0, 0.1) is 5.21 Å². The second-order valence-electron chi connectivity index (χ2n) is 2.87. The van der Waals surface area contributed by atoms with Crippen molar-refractivity contribution in [1.29, 1.82) is 0 Å². The van der Waals surface area contributed by atoms with Gasteiger partial charge in [-0.2, -0.15) is 0 Å². The maximum atomic E-state index is 11.4. The highest BCUT2D eigenvalue weighted by Gasteiger charge is 2.39. The van der Waals surface area contributed by atoms with Gasteiger partial charge in [0.25, 0.3) is 0 Å². The summed E-state index contributed by atoms with van der Waals surface area (Å²) in [6.45, 7) is 2.36. The summed E-state index contributed by atoms with van der Waals surface area (Å²) in [6.07, 6.45) is 2.08. The molecular formula is C6H11NO2. The number of hydrogen-bond donors (Lipinski definition) is 0. The number of rotatable bonds is 1. The zero-order valence-electron chi connectivity index (χ0n) is 5.38. The number of quaternary nitrogens is 1. The Hall–Kier alpha value is -0.120. The highest BCUT2D eigenvalue weighted by molar-refractivity contribution is 4.65. The molecule has 2 rings (SSSR count). The molecule has 52 valence electrons. The Morgan fingerprint density at radius 1 is 1.44 bits per heavy atom. The lowest BCUT2D eigenvalue weighted by molar-refractivity contribution is -0.971. The van der Waals surface area contributed by atoms with Gasteiger partial charge in [-0.3, -0.25) is 0 Å². The molecule has 2 aliphatic rings. The number of ether oxygens (including phenoxy) is 1. The van der Waals surface area contributed by atoms with Crippen molar-refractivity contribution in [2.45, 2.75) is 19.1 Å². The van der Waals surface area contributed by atoms with Gasteiger partial charge >= 0.3 is 0 Å². The Morgan fingerprint density at radius 2 is 2.11 bits per heavy atom. The highest BCUT2D eigenvalue weighted by Crippen LogP contribution is 2.29. The van der Waals surface area contributed by atoms with Crippen molar-refractivity contribution in [3.05, 3.63) is 5.21 Å². The standard InChI is InChI=1S/C6H11NO2/c8-7(3-1-4-7)6-2-5-9-6/h6H,1-5H2. The minimum atomic E-state index is -0.0556. The smallest absolute Gasteiger partial charge is 0.195 e. The predicted octanol–water partition coefficient (Wildman–Crippen LogP) is 0.451. The van der Waals surface area contributed by atoms with Crippen molar-refractivity contribution in [1.82, 2.24) is 0 Å². The molecular weight excluding hydrogens is 118 g/mol. The van der Waals surface area contributed by atoms with E-state index in [2.05, 4.69) is 0 Å². The highest BCUT2D eigenvalue weighted by atomic mass is 16.6. The summed E-state index contributed by atoms with van der Waals surface area (Å²) in [5.74, 6) is 0. The maximum Gasteiger partial charge on any atom is 0.195 e. The molecule has 0 radical (unpaired) electrons. The molecule has 0 N–H and O–H groups in total. The minimum absolute atomic E-state index is 0.0127. The lowest BCUT2D eigenvalue weighted by atomic mass is 10.1. The summed E-state index contributed by atoms with van der Waals surface area (Å²) in [7, 11) is 0. The molecule has 0 amide bonds. The van der Waals surface area contributed by atoms with Crippen LogP contribution >= 0.6 is 0 Å². The topological polar surface area (TPSA) is 32.3 Å². The summed E-state index contributed by atoms with van der Waals surface area (Å²) in [4.78, 5) is 0. The second kappa shape index (κ2) is 1.68. The molecule has 2 fully saturated rings. The first-order chi connectivity index (χ1) is 4.31. The molecule has 1 unspecified atom stereocenters. The molecule has 0 aromatic rings. The Bertz CT molecular complexity index is 118. The van der Waals surface area contributed by atoms with E-state index in [-0.39, 0.29) is 10.9 Å². The molecule has 0 aliphatic carbocycles. The van der Waals surface area contributed by atoms with E-state index in [0.717, 1.165) is 32.5 Å². The van der Waals surface area contributed by atoms with Crippen molar-refractivity contribution in [3.63, 3.8) is 0 Å². The monoisotopic (exact) mass is 129 g/mol. The summed E-state index contributed by atoms with van der Waals surface area (Å²) in [5.41, 5.74) is 0. The van der Waals surface area contributed by atoms with E-state index in [9.17, 15) is 5.21 Å². The van der Waals surface area contributed by atoms with Crippen LogP contribution in [0.15, 0.2) is 0 Å². The summed E-state index contributed by atoms with van der Waals surface area (Å²) < 4.78 is 5.04. The van der Waals surface area contributed by atoms with Gasteiger partial charge < -0.3 is 14.6 Å². The zero-order valence-corrected chi connectivity index (χ0v) is 5.38. The third kappa shape index (κ3) is 0.689. The van der Waals surface area contributed by atoms with E-state index in [1.54, 1.807) is 0 Å². The molecule has 0 saturated carbocycles. The number of hydrogen-bond acceptors (Lipinski definition) is 2. The van der Waals surface area contributed by atoms with Gasteiger partial charge in [-0.15, -0.1) is 0 Å². The SMILES string of the molecule is [O-][N+]1(C2CCO2)CCC1. The van der Waals surface area contributed by atoms with Gasteiger partial charge in [-0.25, -0.2) is 0 Å². The van der Waals surface area contributed by atoms with E-state index in [1.165, 1.54) is 0 Å². The zero-order chi connectivity index (χ0) is 6.32. The third-order valence-corrected chi connectivity index (χ3v) is 2.27. The van der Waals surface area contributed by atoms with Gasteiger partial charge in [0.2, 0.25) is 0 Å². The summed E-state index contributed by atoms with van der Waals surface area (Å²) >= 11 is 0. The van der Waals surface area contributed by atoms with Crippen LogP contribution in [0.3, 0.4) is 0 Å². The van der Waals surface area contributed by atoms with E-state index in [1.807, 2.05) is 0 Å². The van der Waals surface area contributed by atoms with Gasteiger partial charge in [0.05, 0.1) is 26.1 Å². The van der Waals surface area contributed by atoms with Crippen LogP contribution in [-0.4, -0.2) is 30.6 Å². The fourth-order valence-electron chi connectivity index (χ4n) is 1.35. The van der Waals surface area contributed by atoms with Gasteiger partial charge in [-0.05, 0) is 0 Å². The van der Waals surface area contributed by atoms with Crippen molar-refractivity contribution in [3.8, 4) is 0 Å². The molecule has 9 heavy (non-hydrogen) atoms. The quantitative estimate of drug-likeness (QED) is 0.380. The average Bonchev–Trinajstić information content (AvgIpc) is 1.56. The largest absolute Gasteiger partial charge is 0.631 e. The van der Waals surface area contributed by atoms with E-state index < -0.39 is 0 Å². The number of likely N-dealkylation sites (tertiary alicyclic amines) is 1. The van der Waals surface area contributed by atoms with Crippen LogP contribution in [-0.2, 0) is 4.74 Å².